The zero-order chi connectivity index (χ0) is 12.7. The summed E-state index contributed by atoms with van der Waals surface area (Å²) < 4.78 is 5.58. The van der Waals surface area contributed by atoms with Crippen molar-refractivity contribution in [1.82, 2.24) is 5.32 Å². The lowest BCUT2D eigenvalue weighted by molar-refractivity contribution is 0.0651. The SMILES string of the molecule is CCCNC(c1ccc(C)cc1)C(CC)OC. The standard InChI is InChI=1S/C15H25NO/c1-5-11-16-15(14(6-2)17-4)13-9-7-12(3)8-10-13/h7-10,14-16H,5-6,11H2,1-4H3. The lowest BCUT2D eigenvalue weighted by Gasteiger charge is -2.26. The first kappa shape index (κ1) is 14.2. The maximum Gasteiger partial charge on any atom is 0.0763 e. The summed E-state index contributed by atoms with van der Waals surface area (Å²) in [7, 11) is 1.79. The Morgan fingerprint density at radius 1 is 1.18 bits per heavy atom. The molecule has 1 rings (SSSR count). The van der Waals surface area contributed by atoms with Gasteiger partial charge >= 0.3 is 0 Å². The van der Waals surface area contributed by atoms with Gasteiger partial charge in [-0.25, -0.2) is 0 Å². The molecule has 2 nitrogen and oxygen atoms in total. The molecule has 96 valence electrons. The van der Waals surface area contributed by atoms with Crippen LogP contribution in [0, 0.1) is 6.92 Å². The highest BCUT2D eigenvalue weighted by Gasteiger charge is 2.20. The number of hydrogen-bond acceptors (Lipinski definition) is 2. The van der Waals surface area contributed by atoms with Gasteiger partial charge in [-0.05, 0) is 31.9 Å². The largest absolute Gasteiger partial charge is 0.379 e. The van der Waals surface area contributed by atoms with Gasteiger partial charge in [0, 0.05) is 7.11 Å². The van der Waals surface area contributed by atoms with Crippen molar-refractivity contribution >= 4 is 0 Å². The molecule has 2 atom stereocenters. The summed E-state index contributed by atoms with van der Waals surface area (Å²) in [6.45, 7) is 7.50. The number of nitrogens with one attached hydrogen (secondary N) is 1. The molecule has 0 spiro atoms. The molecule has 0 amide bonds. The molecule has 1 aromatic rings. The second-order valence-corrected chi connectivity index (χ2v) is 4.52. The van der Waals surface area contributed by atoms with Crippen LogP contribution in [0.25, 0.3) is 0 Å². The van der Waals surface area contributed by atoms with Gasteiger partial charge in [-0.15, -0.1) is 0 Å². The molecule has 0 aliphatic rings. The van der Waals surface area contributed by atoms with Crippen LogP contribution >= 0.6 is 0 Å². The minimum absolute atomic E-state index is 0.240. The lowest BCUT2D eigenvalue weighted by Crippen LogP contribution is -2.33. The third-order valence-corrected chi connectivity index (χ3v) is 3.13. The van der Waals surface area contributed by atoms with Crippen molar-refractivity contribution in [3.05, 3.63) is 35.4 Å². The van der Waals surface area contributed by atoms with Gasteiger partial charge < -0.3 is 10.1 Å². The molecule has 0 saturated heterocycles. The van der Waals surface area contributed by atoms with Gasteiger partial charge in [0.25, 0.3) is 0 Å². The zero-order valence-corrected chi connectivity index (χ0v) is 11.5. The van der Waals surface area contributed by atoms with E-state index in [9.17, 15) is 0 Å². The van der Waals surface area contributed by atoms with Crippen molar-refractivity contribution in [3.63, 3.8) is 0 Å². The Morgan fingerprint density at radius 3 is 2.29 bits per heavy atom. The molecule has 0 fully saturated rings. The van der Waals surface area contributed by atoms with E-state index < -0.39 is 0 Å². The van der Waals surface area contributed by atoms with E-state index in [-0.39, 0.29) is 6.10 Å². The molecule has 2 unspecified atom stereocenters. The molecule has 0 bridgehead atoms. The highest BCUT2D eigenvalue weighted by Crippen LogP contribution is 2.21. The highest BCUT2D eigenvalue weighted by atomic mass is 16.5. The molecule has 0 aliphatic carbocycles. The monoisotopic (exact) mass is 235 g/mol. The molecule has 1 aromatic carbocycles. The fraction of sp³-hybridized carbons (Fsp3) is 0.600. The quantitative estimate of drug-likeness (QED) is 0.781. The van der Waals surface area contributed by atoms with Crippen LogP contribution in [-0.2, 0) is 4.74 Å². The molecule has 17 heavy (non-hydrogen) atoms. The van der Waals surface area contributed by atoms with E-state index in [1.807, 2.05) is 0 Å². The molecule has 0 radical (unpaired) electrons. The number of rotatable bonds is 7. The first-order chi connectivity index (χ1) is 8.22. The summed E-state index contributed by atoms with van der Waals surface area (Å²) in [6.07, 6.45) is 2.40. The average molecular weight is 235 g/mol. The van der Waals surface area contributed by atoms with Crippen molar-refractivity contribution < 1.29 is 4.74 Å². The molecule has 0 saturated carbocycles. The van der Waals surface area contributed by atoms with E-state index in [2.05, 4.69) is 50.4 Å². The minimum Gasteiger partial charge on any atom is -0.379 e. The van der Waals surface area contributed by atoms with Crippen LogP contribution < -0.4 is 5.32 Å². The van der Waals surface area contributed by atoms with E-state index >= 15 is 0 Å². The molecule has 1 N–H and O–H groups in total. The second kappa shape index (κ2) is 7.46. The normalized spacial score (nSPS) is 14.6. The topological polar surface area (TPSA) is 21.3 Å². The van der Waals surface area contributed by atoms with Crippen molar-refractivity contribution in [3.8, 4) is 0 Å². The van der Waals surface area contributed by atoms with E-state index in [0.29, 0.717) is 6.04 Å². The minimum atomic E-state index is 0.240. The van der Waals surface area contributed by atoms with E-state index in [0.717, 1.165) is 19.4 Å². The summed E-state index contributed by atoms with van der Waals surface area (Å²) in [5.74, 6) is 0. The fourth-order valence-electron chi connectivity index (χ4n) is 2.08. The van der Waals surface area contributed by atoms with E-state index in [1.165, 1.54) is 11.1 Å². The Kier molecular flexibility index (Phi) is 6.23. The first-order valence-electron chi connectivity index (χ1n) is 6.55. The van der Waals surface area contributed by atoms with Crippen molar-refractivity contribution in [2.24, 2.45) is 0 Å². The van der Waals surface area contributed by atoms with Gasteiger partial charge in [0.15, 0.2) is 0 Å². The van der Waals surface area contributed by atoms with Crippen LogP contribution in [0.15, 0.2) is 24.3 Å². The van der Waals surface area contributed by atoms with E-state index in [4.69, 9.17) is 4.74 Å². The average Bonchev–Trinajstić information content (AvgIpc) is 2.36. The van der Waals surface area contributed by atoms with Gasteiger partial charge in [0.1, 0.15) is 0 Å². The Bertz CT molecular complexity index is 303. The number of benzene rings is 1. The lowest BCUT2D eigenvalue weighted by atomic mass is 9.98. The molecule has 0 aromatic heterocycles. The number of methoxy groups -OCH3 is 1. The van der Waals surface area contributed by atoms with Crippen molar-refractivity contribution in [2.45, 2.75) is 45.8 Å². The summed E-state index contributed by atoms with van der Waals surface area (Å²) >= 11 is 0. The summed E-state index contributed by atoms with van der Waals surface area (Å²) in [5, 5.41) is 3.58. The van der Waals surface area contributed by atoms with Gasteiger partial charge in [0.2, 0.25) is 0 Å². The predicted molar refractivity (Wildman–Crippen MR) is 73.3 cm³/mol. The Balaban J connectivity index is 2.84. The highest BCUT2D eigenvalue weighted by molar-refractivity contribution is 5.25. The number of hydrogen-bond donors (Lipinski definition) is 1. The molecular formula is C15H25NO. The maximum atomic E-state index is 5.58. The fourth-order valence-corrected chi connectivity index (χ4v) is 2.08. The van der Waals surface area contributed by atoms with Crippen molar-refractivity contribution in [1.29, 1.82) is 0 Å². The van der Waals surface area contributed by atoms with Gasteiger partial charge in [-0.2, -0.15) is 0 Å². The smallest absolute Gasteiger partial charge is 0.0763 e. The molecule has 0 heterocycles. The van der Waals surface area contributed by atoms with Crippen molar-refractivity contribution in [2.75, 3.05) is 13.7 Å². The summed E-state index contributed by atoms with van der Waals surface area (Å²) in [4.78, 5) is 0. The second-order valence-electron chi connectivity index (χ2n) is 4.52. The Labute approximate surface area is 105 Å². The van der Waals surface area contributed by atoms with Crippen LogP contribution in [0.5, 0.6) is 0 Å². The zero-order valence-electron chi connectivity index (χ0n) is 11.5. The van der Waals surface area contributed by atoms with E-state index in [1.54, 1.807) is 7.11 Å². The van der Waals surface area contributed by atoms with Gasteiger partial charge in [0.05, 0.1) is 12.1 Å². The summed E-state index contributed by atoms with van der Waals surface area (Å²) in [5.41, 5.74) is 2.62. The number of ether oxygens (including phenoxy) is 1. The molecular weight excluding hydrogens is 210 g/mol. The third-order valence-electron chi connectivity index (χ3n) is 3.13. The predicted octanol–water partition coefficient (Wildman–Crippen LogP) is 3.46. The van der Waals surface area contributed by atoms with Crippen LogP contribution in [0.1, 0.15) is 43.9 Å². The van der Waals surface area contributed by atoms with Gasteiger partial charge in [-0.3, -0.25) is 0 Å². The first-order valence-corrected chi connectivity index (χ1v) is 6.55. The van der Waals surface area contributed by atoms with Gasteiger partial charge in [-0.1, -0.05) is 43.7 Å². The summed E-state index contributed by atoms with van der Waals surface area (Å²) in [6, 6.07) is 9.02. The molecule has 0 aliphatic heterocycles. The molecule has 2 heteroatoms. The maximum absolute atomic E-state index is 5.58. The van der Waals surface area contributed by atoms with Crippen LogP contribution in [0.2, 0.25) is 0 Å². The third kappa shape index (κ3) is 4.14. The van der Waals surface area contributed by atoms with Crippen LogP contribution in [0.3, 0.4) is 0 Å². The van der Waals surface area contributed by atoms with Crippen LogP contribution in [0.4, 0.5) is 0 Å². The van der Waals surface area contributed by atoms with Crippen LogP contribution in [-0.4, -0.2) is 19.8 Å². The Hall–Kier alpha value is -0.860. The number of aryl methyl sites for hydroxylation is 1. The Morgan fingerprint density at radius 2 is 1.82 bits per heavy atom.